The second kappa shape index (κ2) is 4.80. The summed E-state index contributed by atoms with van der Waals surface area (Å²) >= 11 is 6.18. The molecule has 0 bridgehead atoms. The molecule has 20 heavy (non-hydrogen) atoms. The summed E-state index contributed by atoms with van der Waals surface area (Å²) < 4.78 is 2.32. The predicted octanol–water partition coefficient (Wildman–Crippen LogP) is 4.58. The normalized spacial score (nSPS) is 11.7. The van der Waals surface area contributed by atoms with E-state index in [1.807, 2.05) is 12.1 Å². The zero-order chi connectivity index (χ0) is 14.4. The van der Waals surface area contributed by atoms with Crippen LogP contribution in [0.1, 0.15) is 23.6 Å². The summed E-state index contributed by atoms with van der Waals surface area (Å²) in [5.41, 5.74) is 5.79. The smallest absolute Gasteiger partial charge is 0.0684 e. The number of aryl methyl sites for hydroxylation is 3. The van der Waals surface area contributed by atoms with Gasteiger partial charge >= 0.3 is 0 Å². The summed E-state index contributed by atoms with van der Waals surface area (Å²) in [6.07, 6.45) is 0. The van der Waals surface area contributed by atoms with Crippen molar-refractivity contribution in [1.82, 2.24) is 4.57 Å². The predicted molar refractivity (Wildman–Crippen MR) is 85.5 cm³/mol. The fourth-order valence-corrected chi connectivity index (χ4v) is 3.38. The topological polar surface area (TPSA) is 25.2 Å². The van der Waals surface area contributed by atoms with Gasteiger partial charge < -0.3 is 9.67 Å². The lowest BCUT2D eigenvalue weighted by Gasteiger charge is -2.10. The Balaban J connectivity index is 2.62. The Morgan fingerprint density at radius 3 is 2.60 bits per heavy atom. The van der Waals surface area contributed by atoms with E-state index in [0.717, 1.165) is 22.7 Å². The lowest BCUT2D eigenvalue weighted by Crippen LogP contribution is -1.97. The fraction of sp³-hybridized carbons (Fsp3) is 0.294. The molecule has 104 valence electrons. The number of hydrogen-bond acceptors (Lipinski definition) is 1. The minimum Gasteiger partial charge on any atom is -0.392 e. The van der Waals surface area contributed by atoms with Crippen LogP contribution in [0.5, 0.6) is 0 Å². The van der Waals surface area contributed by atoms with Gasteiger partial charge in [-0.3, -0.25) is 0 Å². The average Bonchev–Trinajstić information content (AvgIpc) is 2.76. The van der Waals surface area contributed by atoms with Crippen molar-refractivity contribution in [2.75, 3.05) is 0 Å². The second-order valence-corrected chi connectivity index (χ2v) is 5.70. The largest absolute Gasteiger partial charge is 0.392 e. The van der Waals surface area contributed by atoms with Gasteiger partial charge in [-0.05, 0) is 55.7 Å². The van der Waals surface area contributed by atoms with Crippen LogP contribution in [0.25, 0.3) is 21.8 Å². The highest BCUT2D eigenvalue weighted by Crippen LogP contribution is 2.36. The SMILES string of the molecule is CCn1c2ccc(Cl)cc2c2c(C)c(CO)cc(C)c21. The summed E-state index contributed by atoms with van der Waals surface area (Å²) in [6.45, 7) is 7.33. The summed E-state index contributed by atoms with van der Waals surface area (Å²) in [7, 11) is 0. The van der Waals surface area contributed by atoms with Crippen LogP contribution in [0.3, 0.4) is 0 Å². The van der Waals surface area contributed by atoms with E-state index in [0.29, 0.717) is 0 Å². The molecule has 3 heteroatoms. The van der Waals surface area contributed by atoms with Gasteiger partial charge in [0.1, 0.15) is 0 Å². The number of hydrogen-bond donors (Lipinski definition) is 1. The van der Waals surface area contributed by atoms with Gasteiger partial charge in [-0.2, -0.15) is 0 Å². The summed E-state index contributed by atoms with van der Waals surface area (Å²) in [4.78, 5) is 0. The quantitative estimate of drug-likeness (QED) is 0.733. The first-order valence-corrected chi connectivity index (χ1v) is 7.27. The van der Waals surface area contributed by atoms with Gasteiger partial charge in [-0.25, -0.2) is 0 Å². The number of rotatable bonds is 2. The van der Waals surface area contributed by atoms with Gasteiger partial charge in [-0.15, -0.1) is 0 Å². The zero-order valence-corrected chi connectivity index (χ0v) is 12.8. The van der Waals surface area contributed by atoms with Crippen LogP contribution < -0.4 is 0 Å². The molecule has 3 rings (SSSR count). The maximum absolute atomic E-state index is 9.56. The van der Waals surface area contributed by atoms with Gasteiger partial charge in [0.05, 0.1) is 12.1 Å². The lowest BCUT2D eigenvalue weighted by molar-refractivity contribution is 0.281. The molecular weight excluding hydrogens is 270 g/mol. The van der Waals surface area contributed by atoms with E-state index >= 15 is 0 Å². The van der Waals surface area contributed by atoms with E-state index in [9.17, 15) is 5.11 Å². The van der Waals surface area contributed by atoms with E-state index in [-0.39, 0.29) is 6.61 Å². The first-order valence-electron chi connectivity index (χ1n) is 6.89. The highest BCUT2D eigenvalue weighted by atomic mass is 35.5. The molecule has 0 radical (unpaired) electrons. The minimum atomic E-state index is 0.0714. The molecule has 2 aromatic carbocycles. The summed E-state index contributed by atoms with van der Waals surface area (Å²) in [5, 5.41) is 12.7. The molecule has 1 N–H and O–H groups in total. The molecule has 0 saturated carbocycles. The fourth-order valence-electron chi connectivity index (χ4n) is 3.21. The van der Waals surface area contributed by atoms with Crippen molar-refractivity contribution in [3.63, 3.8) is 0 Å². The van der Waals surface area contributed by atoms with Gasteiger partial charge in [0.15, 0.2) is 0 Å². The molecule has 0 amide bonds. The van der Waals surface area contributed by atoms with Crippen molar-refractivity contribution < 1.29 is 5.11 Å². The highest BCUT2D eigenvalue weighted by Gasteiger charge is 2.16. The number of benzene rings is 2. The van der Waals surface area contributed by atoms with Crippen molar-refractivity contribution >= 4 is 33.4 Å². The highest BCUT2D eigenvalue weighted by molar-refractivity contribution is 6.32. The molecule has 0 fully saturated rings. The molecule has 0 atom stereocenters. The van der Waals surface area contributed by atoms with Crippen molar-refractivity contribution in [1.29, 1.82) is 0 Å². The Kier molecular flexibility index (Phi) is 3.23. The maximum Gasteiger partial charge on any atom is 0.0684 e. The molecule has 0 saturated heterocycles. The first-order chi connectivity index (χ1) is 9.58. The van der Waals surface area contributed by atoms with Crippen molar-refractivity contribution in [3.05, 3.63) is 46.0 Å². The molecular formula is C17H18ClNO. The zero-order valence-electron chi connectivity index (χ0n) is 12.0. The molecule has 1 heterocycles. The minimum absolute atomic E-state index is 0.0714. The maximum atomic E-state index is 9.56. The number of nitrogens with zero attached hydrogens (tertiary/aromatic N) is 1. The standard InChI is InChI=1S/C17H18ClNO/c1-4-19-15-6-5-13(18)8-14(15)16-11(3)12(9-20)7-10(2)17(16)19/h5-8,20H,4,9H2,1-3H3. The molecule has 0 spiro atoms. The summed E-state index contributed by atoms with van der Waals surface area (Å²) in [6, 6.07) is 8.13. The molecule has 1 aromatic heterocycles. The Morgan fingerprint density at radius 2 is 1.95 bits per heavy atom. The number of aliphatic hydroxyl groups is 1. The van der Waals surface area contributed by atoms with Crippen LogP contribution in [0.4, 0.5) is 0 Å². The number of aliphatic hydroxyl groups excluding tert-OH is 1. The van der Waals surface area contributed by atoms with E-state index in [2.05, 4.69) is 37.5 Å². The van der Waals surface area contributed by atoms with Crippen LogP contribution in [0, 0.1) is 13.8 Å². The Morgan fingerprint density at radius 1 is 1.20 bits per heavy atom. The van der Waals surface area contributed by atoms with Gasteiger partial charge in [0.25, 0.3) is 0 Å². The average molecular weight is 288 g/mol. The van der Waals surface area contributed by atoms with E-state index in [1.165, 1.54) is 27.4 Å². The number of aromatic nitrogens is 1. The third kappa shape index (κ3) is 1.75. The monoisotopic (exact) mass is 287 g/mol. The number of halogens is 1. The molecule has 0 aliphatic carbocycles. The first kappa shape index (κ1) is 13.5. The molecule has 0 aliphatic heterocycles. The van der Waals surface area contributed by atoms with E-state index < -0.39 is 0 Å². The van der Waals surface area contributed by atoms with Crippen molar-refractivity contribution in [2.24, 2.45) is 0 Å². The van der Waals surface area contributed by atoms with Crippen LogP contribution >= 0.6 is 11.6 Å². The number of fused-ring (bicyclic) bond motifs is 3. The molecule has 2 nitrogen and oxygen atoms in total. The van der Waals surface area contributed by atoms with Gasteiger partial charge in [-0.1, -0.05) is 17.7 Å². The third-order valence-electron chi connectivity index (χ3n) is 4.13. The van der Waals surface area contributed by atoms with Crippen molar-refractivity contribution in [2.45, 2.75) is 33.9 Å². The molecule has 0 unspecified atom stereocenters. The Labute approximate surface area is 123 Å². The Bertz CT molecular complexity index is 817. The summed E-state index contributed by atoms with van der Waals surface area (Å²) in [5.74, 6) is 0. The van der Waals surface area contributed by atoms with E-state index in [4.69, 9.17) is 11.6 Å². The van der Waals surface area contributed by atoms with E-state index in [1.54, 1.807) is 0 Å². The Hall–Kier alpha value is -1.51. The van der Waals surface area contributed by atoms with Crippen LogP contribution in [0.2, 0.25) is 5.02 Å². The van der Waals surface area contributed by atoms with Crippen molar-refractivity contribution in [3.8, 4) is 0 Å². The van der Waals surface area contributed by atoms with Gasteiger partial charge in [0.2, 0.25) is 0 Å². The molecule has 0 aliphatic rings. The lowest BCUT2D eigenvalue weighted by atomic mass is 9.99. The molecule has 3 aromatic rings. The van der Waals surface area contributed by atoms with Gasteiger partial charge in [0, 0.05) is 27.9 Å². The van der Waals surface area contributed by atoms with Crippen LogP contribution in [0.15, 0.2) is 24.3 Å². The third-order valence-corrected chi connectivity index (χ3v) is 4.37. The second-order valence-electron chi connectivity index (χ2n) is 5.27. The van der Waals surface area contributed by atoms with Crippen LogP contribution in [-0.2, 0) is 13.2 Å². The van der Waals surface area contributed by atoms with Crippen LogP contribution in [-0.4, -0.2) is 9.67 Å².